The molecule has 0 radical (unpaired) electrons. The van der Waals surface area contributed by atoms with Gasteiger partial charge in [-0.25, -0.2) is 9.78 Å². The van der Waals surface area contributed by atoms with Gasteiger partial charge in [-0.1, -0.05) is 0 Å². The van der Waals surface area contributed by atoms with Crippen LogP contribution in [-0.2, 0) is 11.2 Å². The minimum absolute atomic E-state index is 0.00184. The third-order valence-corrected chi connectivity index (χ3v) is 4.09. The van der Waals surface area contributed by atoms with E-state index in [1.807, 2.05) is 6.92 Å². The predicted molar refractivity (Wildman–Crippen MR) is 98.5 cm³/mol. The van der Waals surface area contributed by atoms with Gasteiger partial charge in [0.2, 0.25) is 0 Å². The molecule has 27 heavy (non-hydrogen) atoms. The topological polar surface area (TPSA) is 78.0 Å². The fourth-order valence-corrected chi connectivity index (χ4v) is 2.82. The molecule has 0 N–H and O–H groups in total. The Morgan fingerprint density at radius 1 is 1.30 bits per heavy atom. The van der Waals surface area contributed by atoms with E-state index < -0.39 is 5.97 Å². The Labute approximate surface area is 157 Å². The zero-order valence-corrected chi connectivity index (χ0v) is 15.8. The lowest BCUT2D eigenvalue weighted by Gasteiger charge is -2.13. The third-order valence-electron chi connectivity index (χ3n) is 4.09. The summed E-state index contributed by atoms with van der Waals surface area (Å²) < 4.78 is 16.8. The minimum Gasteiger partial charge on any atom is -0.490 e. The summed E-state index contributed by atoms with van der Waals surface area (Å²) in [6, 6.07) is 6.61. The van der Waals surface area contributed by atoms with E-state index in [9.17, 15) is 9.59 Å². The van der Waals surface area contributed by atoms with Crippen molar-refractivity contribution >= 4 is 11.9 Å². The number of carbonyl (C=O) groups is 2. The van der Waals surface area contributed by atoms with Crippen LogP contribution in [0.2, 0.25) is 0 Å². The van der Waals surface area contributed by atoms with E-state index >= 15 is 0 Å². The van der Waals surface area contributed by atoms with Crippen LogP contribution in [-0.4, -0.2) is 48.6 Å². The van der Waals surface area contributed by atoms with Crippen LogP contribution in [0.25, 0.3) is 0 Å². The lowest BCUT2D eigenvalue weighted by molar-refractivity contribution is 0.0525. The Morgan fingerprint density at radius 2 is 2.07 bits per heavy atom. The van der Waals surface area contributed by atoms with Crippen molar-refractivity contribution in [3.8, 4) is 17.2 Å². The summed E-state index contributed by atoms with van der Waals surface area (Å²) in [4.78, 5) is 29.7. The monoisotopic (exact) mass is 370 g/mol. The Hall–Kier alpha value is -3.09. The van der Waals surface area contributed by atoms with Gasteiger partial charge in [0, 0.05) is 26.1 Å². The second kappa shape index (κ2) is 7.65. The van der Waals surface area contributed by atoms with Gasteiger partial charge >= 0.3 is 5.97 Å². The van der Waals surface area contributed by atoms with Crippen LogP contribution in [0.3, 0.4) is 0 Å². The van der Waals surface area contributed by atoms with Crippen LogP contribution in [0.5, 0.6) is 17.2 Å². The summed E-state index contributed by atoms with van der Waals surface area (Å²) in [7, 11) is 3.33. The number of rotatable bonds is 5. The fourth-order valence-electron chi connectivity index (χ4n) is 2.82. The van der Waals surface area contributed by atoms with Gasteiger partial charge in [0.25, 0.3) is 5.91 Å². The maximum atomic E-state index is 12.1. The Bertz CT molecular complexity index is 861. The molecule has 0 fully saturated rings. The zero-order chi connectivity index (χ0) is 19.6. The van der Waals surface area contributed by atoms with E-state index in [2.05, 4.69) is 4.98 Å². The quantitative estimate of drug-likeness (QED) is 0.753. The number of amides is 1. The molecule has 0 bridgehead atoms. The first-order chi connectivity index (χ1) is 12.9. The highest BCUT2D eigenvalue weighted by molar-refractivity contribution is 5.92. The molecule has 1 aliphatic rings. The maximum absolute atomic E-state index is 12.1. The highest BCUT2D eigenvalue weighted by atomic mass is 16.5. The SMILES string of the molecule is CCOC(=O)c1cc(Oc2ccc(C(=O)N(C)C)nc2)c2c(c1)OC(C)C2. The number of pyridine rings is 1. The second-order valence-electron chi connectivity index (χ2n) is 6.48. The smallest absolute Gasteiger partial charge is 0.338 e. The molecular weight excluding hydrogens is 348 g/mol. The van der Waals surface area contributed by atoms with Gasteiger partial charge in [0.15, 0.2) is 0 Å². The summed E-state index contributed by atoms with van der Waals surface area (Å²) in [5, 5.41) is 0. The van der Waals surface area contributed by atoms with Crippen molar-refractivity contribution in [1.82, 2.24) is 9.88 Å². The van der Waals surface area contributed by atoms with Gasteiger partial charge in [0.05, 0.1) is 18.4 Å². The van der Waals surface area contributed by atoms with Crippen LogP contribution in [0, 0.1) is 0 Å². The molecule has 1 aliphatic heterocycles. The summed E-state index contributed by atoms with van der Waals surface area (Å²) in [5.41, 5.74) is 1.59. The lowest BCUT2D eigenvalue weighted by Crippen LogP contribution is -2.22. The highest BCUT2D eigenvalue weighted by Crippen LogP contribution is 2.39. The molecule has 142 valence electrons. The molecule has 7 heteroatoms. The van der Waals surface area contributed by atoms with E-state index in [0.717, 1.165) is 5.56 Å². The highest BCUT2D eigenvalue weighted by Gasteiger charge is 2.26. The normalized spacial score (nSPS) is 14.9. The molecule has 2 heterocycles. The molecule has 7 nitrogen and oxygen atoms in total. The zero-order valence-electron chi connectivity index (χ0n) is 15.8. The van der Waals surface area contributed by atoms with E-state index in [1.165, 1.54) is 11.1 Å². The van der Waals surface area contributed by atoms with E-state index in [1.54, 1.807) is 45.3 Å². The lowest BCUT2D eigenvalue weighted by atomic mass is 10.1. The van der Waals surface area contributed by atoms with Gasteiger partial charge in [-0.05, 0) is 38.1 Å². The van der Waals surface area contributed by atoms with Gasteiger partial charge < -0.3 is 19.1 Å². The molecule has 2 aromatic rings. The molecule has 0 spiro atoms. The summed E-state index contributed by atoms with van der Waals surface area (Å²) >= 11 is 0. The Balaban J connectivity index is 1.90. The van der Waals surface area contributed by atoms with Gasteiger partial charge in [0.1, 0.15) is 29.0 Å². The Kier molecular flexibility index (Phi) is 5.30. The standard InChI is InChI=1S/C20H22N2O5/c1-5-25-20(24)13-9-17-15(8-12(2)26-17)18(10-13)27-14-6-7-16(21-11-14)19(23)22(3)4/h6-7,9-12H,5,8H2,1-4H3. The number of aromatic nitrogens is 1. The maximum Gasteiger partial charge on any atom is 0.338 e. The first kappa shape index (κ1) is 18.7. The van der Waals surface area contributed by atoms with Gasteiger partial charge in [-0.3, -0.25) is 4.79 Å². The summed E-state index contributed by atoms with van der Waals surface area (Å²) in [6.45, 7) is 4.00. The van der Waals surface area contributed by atoms with Gasteiger partial charge in [-0.15, -0.1) is 0 Å². The van der Waals surface area contributed by atoms with Crippen LogP contribution in [0.15, 0.2) is 30.5 Å². The number of hydrogen-bond acceptors (Lipinski definition) is 6. The average Bonchev–Trinajstić information content (AvgIpc) is 3.02. The second-order valence-corrected chi connectivity index (χ2v) is 6.48. The van der Waals surface area contributed by atoms with E-state index in [-0.39, 0.29) is 18.6 Å². The van der Waals surface area contributed by atoms with Crippen LogP contribution in [0.1, 0.15) is 40.3 Å². The summed E-state index contributed by atoms with van der Waals surface area (Å²) in [5.74, 6) is 0.990. The van der Waals surface area contributed by atoms with Crippen molar-refractivity contribution in [3.63, 3.8) is 0 Å². The van der Waals surface area contributed by atoms with Crippen LogP contribution in [0.4, 0.5) is 0 Å². The third kappa shape index (κ3) is 4.02. The largest absolute Gasteiger partial charge is 0.490 e. The van der Waals surface area contributed by atoms with Crippen LogP contribution >= 0.6 is 0 Å². The van der Waals surface area contributed by atoms with Crippen molar-refractivity contribution in [2.75, 3.05) is 20.7 Å². The molecule has 1 amide bonds. The van der Waals surface area contributed by atoms with Crippen molar-refractivity contribution in [2.24, 2.45) is 0 Å². The number of esters is 1. The first-order valence-corrected chi connectivity index (χ1v) is 8.75. The van der Waals surface area contributed by atoms with E-state index in [0.29, 0.717) is 34.9 Å². The predicted octanol–water partition coefficient (Wildman–Crippen LogP) is 3.08. The van der Waals surface area contributed by atoms with Crippen molar-refractivity contribution < 1.29 is 23.8 Å². The Morgan fingerprint density at radius 3 is 2.70 bits per heavy atom. The molecule has 0 saturated heterocycles. The number of fused-ring (bicyclic) bond motifs is 1. The van der Waals surface area contributed by atoms with Crippen molar-refractivity contribution in [3.05, 3.63) is 47.3 Å². The van der Waals surface area contributed by atoms with Crippen molar-refractivity contribution in [2.45, 2.75) is 26.4 Å². The number of nitrogens with zero attached hydrogens (tertiary/aromatic N) is 2. The van der Waals surface area contributed by atoms with E-state index in [4.69, 9.17) is 14.2 Å². The molecule has 1 aromatic heterocycles. The average molecular weight is 370 g/mol. The molecule has 1 atom stereocenters. The molecule has 0 aliphatic carbocycles. The first-order valence-electron chi connectivity index (χ1n) is 8.75. The van der Waals surface area contributed by atoms with Crippen molar-refractivity contribution in [1.29, 1.82) is 0 Å². The molecule has 1 aromatic carbocycles. The molecular formula is C20H22N2O5. The van der Waals surface area contributed by atoms with Gasteiger partial charge in [-0.2, -0.15) is 0 Å². The number of ether oxygens (including phenoxy) is 3. The number of carbonyl (C=O) groups excluding carboxylic acids is 2. The fraction of sp³-hybridized carbons (Fsp3) is 0.350. The molecule has 0 saturated carbocycles. The minimum atomic E-state index is -0.432. The molecule has 3 rings (SSSR count). The number of hydrogen-bond donors (Lipinski definition) is 0. The number of benzene rings is 1. The van der Waals surface area contributed by atoms with Crippen LogP contribution < -0.4 is 9.47 Å². The molecule has 1 unspecified atom stereocenters. The summed E-state index contributed by atoms with van der Waals surface area (Å²) in [6.07, 6.45) is 2.16.